The molecule has 2 aromatic heterocycles. The number of furan rings is 1. The van der Waals surface area contributed by atoms with E-state index in [9.17, 15) is 14.0 Å². The number of carbonyl (C=O) groups excluding carboxylic acids is 1. The Balaban J connectivity index is 1.73. The molecule has 0 saturated heterocycles. The first-order valence-electron chi connectivity index (χ1n) is 6.29. The van der Waals surface area contributed by atoms with Gasteiger partial charge in [-0.25, -0.2) is 9.18 Å². The van der Waals surface area contributed by atoms with Gasteiger partial charge in [-0.15, -0.1) is 5.10 Å². The van der Waals surface area contributed by atoms with Gasteiger partial charge in [-0.05, 0) is 30.3 Å². The van der Waals surface area contributed by atoms with E-state index in [2.05, 4.69) is 10.4 Å². The number of carbonyl (C=O) groups is 1. The van der Waals surface area contributed by atoms with Crippen molar-refractivity contribution in [3.8, 4) is 11.7 Å². The van der Waals surface area contributed by atoms with Gasteiger partial charge in [0, 0.05) is 5.69 Å². The first kappa shape index (κ1) is 13.8. The van der Waals surface area contributed by atoms with Crippen LogP contribution in [0.5, 0.6) is 0 Å². The van der Waals surface area contributed by atoms with E-state index in [1.54, 1.807) is 12.1 Å². The van der Waals surface area contributed by atoms with Crippen molar-refractivity contribution < 1.29 is 18.0 Å². The number of hydrogen-bond acceptors (Lipinski definition) is 5. The normalized spacial score (nSPS) is 10.6. The summed E-state index contributed by atoms with van der Waals surface area (Å²) in [5, 5.41) is 6.32. The largest absolute Gasteiger partial charge is 0.459 e. The maximum absolute atomic E-state index is 13.0. The molecule has 112 valence electrons. The van der Waals surface area contributed by atoms with Gasteiger partial charge in [0.25, 0.3) is 5.89 Å². The second-order valence-electron chi connectivity index (χ2n) is 4.37. The molecule has 0 radical (unpaired) electrons. The van der Waals surface area contributed by atoms with Crippen LogP contribution in [0.25, 0.3) is 11.7 Å². The topological polar surface area (TPSA) is 90.3 Å². The molecule has 22 heavy (non-hydrogen) atoms. The highest BCUT2D eigenvalue weighted by molar-refractivity contribution is 5.90. The maximum Gasteiger partial charge on any atom is 0.437 e. The lowest BCUT2D eigenvalue weighted by molar-refractivity contribution is -0.117. The summed E-state index contributed by atoms with van der Waals surface area (Å²) in [5.74, 6) is -1.54. The summed E-state index contributed by atoms with van der Waals surface area (Å²) in [6.45, 7) is -0.362. The van der Waals surface area contributed by atoms with Crippen molar-refractivity contribution in [2.45, 2.75) is 6.54 Å². The highest BCUT2D eigenvalue weighted by Gasteiger charge is 2.15. The van der Waals surface area contributed by atoms with Crippen LogP contribution in [0.3, 0.4) is 0 Å². The molecule has 0 bridgehead atoms. The minimum atomic E-state index is -0.791. The molecule has 3 aromatic rings. The van der Waals surface area contributed by atoms with E-state index in [0.717, 1.165) is 10.7 Å². The first-order chi connectivity index (χ1) is 10.6. The minimum absolute atomic E-state index is 0.0199. The van der Waals surface area contributed by atoms with E-state index >= 15 is 0 Å². The van der Waals surface area contributed by atoms with Crippen molar-refractivity contribution in [1.82, 2.24) is 9.78 Å². The van der Waals surface area contributed by atoms with Crippen molar-refractivity contribution >= 4 is 11.6 Å². The number of halogens is 1. The standard InChI is InChI=1S/C14H10FN3O4/c15-9-3-1-4-10(7-9)16-12(19)8-18-14(20)22-13(17-18)11-5-2-6-21-11/h1-7H,8H2,(H,16,19). The Kier molecular flexibility index (Phi) is 3.57. The number of anilines is 1. The Morgan fingerprint density at radius 1 is 1.32 bits per heavy atom. The van der Waals surface area contributed by atoms with Gasteiger partial charge >= 0.3 is 5.76 Å². The van der Waals surface area contributed by atoms with E-state index in [1.165, 1.54) is 24.5 Å². The highest BCUT2D eigenvalue weighted by Crippen LogP contribution is 2.15. The Hall–Kier alpha value is -3.16. The van der Waals surface area contributed by atoms with Gasteiger partial charge in [-0.1, -0.05) is 6.07 Å². The number of nitrogens with zero attached hydrogens (tertiary/aromatic N) is 2. The third-order valence-corrected chi connectivity index (χ3v) is 2.74. The Morgan fingerprint density at radius 3 is 2.91 bits per heavy atom. The van der Waals surface area contributed by atoms with Gasteiger partial charge in [-0.3, -0.25) is 4.79 Å². The lowest BCUT2D eigenvalue weighted by atomic mass is 10.3. The Labute approximate surface area is 123 Å². The summed E-state index contributed by atoms with van der Waals surface area (Å²) in [6.07, 6.45) is 1.41. The fraction of sp³-hybridized carbons (Fsp3) is 0.0714. The molecule has 1 amide bonds. The smallest absolute Gasteiger partial charge is 0.437 e. The van der Waals surface area contributed by atoms with Crippen LogP contribution in [0.4, 0.5) is 10.1 Å². The van der Waals surface area contributed by atoms with Crippen molar-refractivity contribution in [3.05, 3.63) is 59.0 Å². The van der Waals surface area contributed by atoms with Gasteiger partial charge in [0.2, 0.25) is 5.91 Å². The molecule has 0 spiro atoms. The second-order valence-corrected chi connectivity index (χ2v) is 4.37. The van der Waals surface area contributed by atoms with Crippen LogP contribution < -0.4 is 11.1 Å². The number of amides is 1. The van der Waals surface area contributed by atoms with E-state index in [0.29, 0.717) is 0 Å². The molecule has 3 rings (SSSR count). The number of benzene rings is 1. The molecule has 0 atom stereocenters. The number of hydrogen-bond donors (Lipinski definition) is 1. The third kappa shape index (κ3) is 2.95. The molecule has 0 saturated carbocycles. The van der Waals surface area contributed by atoms with Crippen LogP contribution in [0.15, 0.2) is 56.3 Å². The van der Waals surface area contributed by atoms with Crippen molar-refractivity contribution in [2.24, 2.45) is 0 Å². The molecular weight excluding hydrogens is 293 g/mol. The third-order valence-electron chi connectivity index (χ3n) is 2.74. The molecule has 0 aliphatic heterocycles. The summed E-state index contributed by atoms with van der Waals surface area (Å²) in [5.41, 5.74) is 0.285. The molecule has 1 N–H and O–H groups in total. The number of aromatic nitrogens is 2. The molecule has 0 aliphatic carbocycles. The molecule has 2 heterocycles. The number of rotatable bonds is 4. The highest BCUT2D eigenvalue weighted by atomic mass is 19.1. The van der Waals surface area contributed by atoms with Gasteiger partial charge < -0.3 is 14.2 Å². The molecular formula is C14H10FN3O4. The first-order valence-corrected chi connectivity index (χ1v) is 6.29. The van der Waals surface area contributed by atoms with E-state index in [1.807, 2.05) is 0 Å². The van der Waals surface area contributed by atoms with Gasteiger partial charge in [-0.2, -0.15) is 4.68 Å². The van der Waals surface area contributed by atoms with Gasteiger partial charge in [0.15, 0.2) is 5.76 Å². The van der Waals surface area contributed by atoms with Crippen LogP contribution >= 0.6 is 0 Å². The van der Waals surface area contributed by atoms with Crippen molar-refractivity contribution in [3.63, 3.8) is 0 Å². The van der Waals surface area contributed by atoms with Crippen molar-refractivity contribution in [2.75, 3.05) is 5.32 Å². The van der Waals surface area contributed by atoms with Crippen LogP contribution in [-0.4, -0.2) is 15.7 Å². The fourth-order valence-corrected chi connectivity index (χ4v) is 1.81. The van der Waals surface area contributed by atoms with E-state index < -0.39 is 17.5 Å². The second kappa shape index (κ2) is 5.68. The van der Waals surface area contributed by atoms with Crippen LogP contribution in [-0.2, 0) is 11.3 Å². The zero-order chi connectivity index (χ0) is 15.5. The van der Waals surface area contributed by atoms with Crippen LogP contribution in [0.1, 0.15) is 0 Å². The maximum atomic E-state index is 13.0. The summed E-state index contributed by atoms with van der Waals surface area (Å²) in [4.78, 5) is 23.5. The lowest BCUT2D eigenvalue weighted by Gasteiger charge is -2.04. The zero-order valence-corrected chi connectivity index (χ0v) is 11.2. The van der Waals surface area contributed by atoms with Crippen LogP contribution in [0, 0.1) is 5.82 Å². The van der Waals surface area contributed by atoms with Gasteiger partial charge in [0.1, 0.15) is 12.4 Å². The fourth-order valence-electron chi connectivity index (χ4n) is 1.81. The Morgan fingerprint density at radius 2 is 2.18 bits per heavy atom. The summed E-state index contributed by atoms with van der Waals surface area (Å²) >= 11 is 0. The van der Waals surface area contributed by atoms with Crippen molar-refractivity contribution in [1.29, 1.82) is 0 Å². The lowest BCUT2D eigenvalue weighted by Crippen LogP contribution is -2.25. The monoisotopic (exact) mass is 303 g/mol. The SMILES string of the molecule is O=C(Cn1nc(-c2ccco2)oc1=O)Nc1cccc(F)c1. The number of nitrogens with one attached hydrogen (secondary N) is 1. The molecule has 0 fully saturated rings. The summed E-state index contributed by atoms with van der Waals surface area (Å²) in [7, 11) is 0. The van der Waals surface area contributed by atoms with E-state index in [4.69, 9.17) is 8.83 Å². The average molecular weight is 303 g/mol. The molecule has 0 unspecified atom stereocenters. The van der Waals surface area contributed by atoms with Crippen LogP contribution in [0.2, 0.25) is 0 Å². The van der Waals surface area contributed by atoms with E-state index in [-0.39, 0.29) is 23.9 Å². The quantitative estimate of drug-likeness (QED) is 0.794. The molecule has 1 aromatic carbocycles. The molecule has 7 nitrogen and oxygen atoms in total. The minimum Gasteiger partial charge on any atom is -0.459 e. The average Bonchev–Trinajstić information content (AvgIpc) is 3.09. The molecule has 8 heteroatoms. The summed E-state index contributed by atoms with van der Waals surface area (Å²) in [6, 6.07) is 8.60. The predicted octanol–water partition coefficient (Wildman–Crippen LogP) is 1.87. The predicted molar refractivity (Wildman–Crippen MR) is 73.5 cm³/mol. The Bertz CT molecular complexity index is 851. The zero-order valence-electron chi connectivity index (χ0n) is 11.2. The molecule has 0 aliphatic rings. The van der Waals surface area contributed by atoms with Gasteiger partial charge in [0.05, 0.1) is 6.26 Å². The summed E-state index contributed by atoms with van der Waals surface area (Å²) < 4.78 is 23.8.